The highest BCUT2D eigenvalue weighted by atomic mass is 19.1. The Morgan fingerprint density at radius 2 is 1.85 bits per heavy atom. The number of fused-ring (bicyclic) bond motifs is 1. The lowest BCUT2D eigenvalue weighted by Crippen LogP contribution is -2.12. The van der Waals surface area contributed by atoms with Gasteiger partial charge in [-0.2, -0.15) is 0 Å². The second-order valence-corrected chi connectivity index (χ2v) is 5.85. The Hall–Kier alpha value is -3.48. The highest BCUT2D eigenvalue weighted by molar-refractivity contribution is 6.21. The predicted molar refractivity (Wildman–Crippen MR) is 98.4 cm³/mol. The first-order valence-electron chi connectivity index (χ1n) is 8.32. The number of esters is 1. The number of anilines is 1. The van der Waals surface area contributed by atoms with Gasteiger partial charge in [0.05, 0.1) is 23.4 Å². The summed E-state index contributed by atoms with van der Waals surface area (Å²) in [5.41, 5.74) is 0.700. The Kier molecular flexibility index (Phi) is 5.03. The highest BCUT2D eigenvalue weighted by Crippen LogP contribution is 2.33. The topological polar surface area (TPSA) is 88.3 Å². The maximum atomic E-state index is 14.0. The van der Waals surface area contributed by atoms with E-state index in [0.29, 0.717) is 5.56 Å². The zero-order valence-corrected chi connectivity index (χ0v) is 14.8. The number of ether oxygens (including phenoxy) is 1. The standard InChI is InChI=1S/C20H17FN2O4/c1-3-27-20(26)14-9-13(21)10-15-16(14)17(22-11(2)24)18(23-15)19(25)12-7-5-4-6-8-12/h4-10,23H,3H2,1-2H3,(H,22,24). The number of nitrogens with one attached hydrogen (secondary N) is 2. The molecule has 0 saturated heterocycles. The number of ketones is 1. The van der Waals surface area contributed by atoms with E-state index < -0.39 is 23.5 Å². The fourth-order valence-electron chi connectivity index (χ4n) is 2.87. The van der Waals surface area contributed by atoms with Crippen molar-refractivity contribution in [3.8, 4) is 0 Å². The second-order valence-electron chi connectivity index (χ2n) is 5.85. The number of hydrogen-bond donors (Lipinski definition) is 2. The van der Waals surface area contributed by atoms with Crippen molar-refractivity contribution >= 4 is 34.3 Å². The summed E-state index contributed by atoms with van der Waals surface area (Å²) in [6.45, 7) is 3.01. The summed E-state index contributed by atoms with van der Waals surface area (Å²) in [6.07, 6.45) is 0. The minimum absolute atomic E-state index is 0.0579. The van der Waals surface area contributed by atoms with Gasteiger partial charge in [-0.05, 0) is 19.1 Å². The molecule has 6 nitrogen and oxygen atoms in total. The average Bonchev–Trinajstić information content (AvgIpc) is 2.98. The van der Waals surface area contributed by atoms with Crippen LogP contribution in [0.3, 0.4) is 0 Å². The van der Waals surface area contributed by atoms with Crippen LogP contribution in [0.15, 0.2) is 42.5 Å². The van der Waals surface area contributed by atoms with Gasteiger partial charge in [-0.1, -0.05) is 30.3 Å². The van der Waals surface area contributed by atoms with Gasteiger partial charge >= 0.3 is 5.97 Å². The fourth-order valence-corrected chi connectivity index (χ4v) is 2.87. The minimum atomic E-state index is -0.744. The zero-order valence-electron chi connectivity index (χ0n) is 14.8. The molecule has 0 aliphatic carbocycles. The van der Waals surface area contributed by atoms with E-state index in [-0.39, 0.29) is 34.5 Å². The van der Waals surface area contributed by atoms with Gasteiger partial charge in [0, 0.05) is 17.9 Å². The van der Waals surface area contributed by atoms with E-state index in [0.717, 1.165) is 12.1 Å². The molecule has 0 bridgehead atoms. The highest BCUT2D eigenvalue weighted by Gasteiger charge is 2.25. The number of aromatic amines is 1. The van der Waals surface area contributed by atoms with Gasteiger partial charge in [0.15, 0.2) is 0 Å². The first-order chi connectivity index (χ1) is 12.9. The number of aromatic nitrogens is 1. The van der Waals surface area contributed by atoms with E-state index in [1.807, 2.05) is 0 Å². The molecule has 0 aliphatic heterocycles. The van der Waals surface area contributed by atoms with Crippen molar-refractivity contribution in [1.29, 1.82) is 0 Å². The second kappa shape index (κ2) is 7.41. The third kappa shape index (κ3) is 3.57. The summed E-state index contributed by atoms with van der Waals surface area (Å²) in [4.78, 5) is 39.8. The number of halogens is 1. The third-order valence-corrected chi connectivity index (χ3v) is 3.92. The van der Waals surface area contributed by atoms with Crippen LogP contribution in [0.1, 0.15) is 40.3 Å². The molecular weight excluding hydrogens is 351 g/mol. The van der Waals surface area contributed by atoms with E-state index in [1.54, 1.807) is 37.3 Å². The monoisotopic (exact) mass is 368 g/mol. The molecule has 0 unspecified atom stereocenters. The maximum Gasteiger partial charge on any atom is 0.338 e. The Labute approximate surface area is 154 Å². The van der Waals surface area contributed by atoms with Crippen molar-refractivity contribution in [3.05, 3.63) is 65.1 Å². The summed E-state index contributed by atoms with van der Waals surface area (Å²) >= 11 is 0. The van der Waals surface area contributed by atoms with Crippen LogP contribution in [0.5, 0.6) is 0 Å². The van der Waals surface area contributed by atoms with Crippen LogP contribution in [0.2, 0.25) is 0 Å². The molecule has 27 heavy (non-hydrogen) atoms. The molecule has 0 saturated carbocycles. The van der Waals surface area contributed by atoms with Crippen LogP contribution in [-0.2, 0) is 9.53 Å². The van der Waals surface area contributed by atoms with E-state index in [9.17, 15) is 18.8 Å². The lowest BCUT2D eigenvalue weighted by Gasteiger charge is -2.08. The molecule has 0 radical (unpaired) electrons. The van der Waals surface area contributed by atoms with Crippen LogP contribution < -0.4 is 5.32 Å². The molecule has 3 aromatic rings. The fraction of sp³-hybridized carbons (Fsp3) is 0.150. The van der Waals surface area contributed by atoms with E-state index in [1.165, 1.54) is 6.92 Å². The Morgan fingerprint density at radius 3 is 2.48 bits per heavy atom. The number of benzene rings is 2. The first kappa shape index (κ1) is 18.3. The Bertz CT molecular complexity index is 1040. The van der Waals surface area contributed by atoms with Crippen LogP contribution in [0, 0.1) is 5.82 Å². The van der Waals surface area contributed by atoms with Crippen molar-refractivity contribution in [2.24, 2.45) is 0 Å². The molecule has 2 aromatic carbocycles. The van der Waals surface area contributed by atoms with Gasteiger partial charge in [0.2, 0.25) is 11.7 Å². The van der Waals surface area contributed by atoms with Crippen molar-refractivity contribution < 1.29 is 23.5 Å². The van der Waals surface area contributed by atoms with Crippen LogP contribution >= 0.6 is 0 Å². The number of H-pyrrole nitrogens is 1. The number of amides is 1. The SMILES string of the molecule is CCOC(=O)c1cc(F)cc2[nH]c(C(=O)c3ccccc3)c(NC(C)=O)c12. The molecule has 3 rings (SSSR count). The lowest BCUT2D eigenvalue weighted by molar-refractivity contribution is -0.114. The molecule has 1 heterocycles. The van der Waals surface area contributed by atoms with Crippen molar-refractivity contribution in [3.63, 3.8) is 0 Å². The summed E-state index contributed by atoms with van der Waals surface area (Å²) in [5, 5.41) is 2.81. The van der Waals surface area contributed by atoms with Crippen molar-refractivity contribution in [2.75, 3.05) is 11.9 Å². The van der Waals surface area contributed by atoms with Crippen LogP contribution in [0.25, 0.3) is 10.9 Å². The molecule has 0 spiro atoms. The van der Waals surface area contributed by atoms with E-state index >= 15 is 0 Å². The van der Waals surface area contributed by atoms with Gasteiger partial charge in [-0.15, -0.1) is 0 Å². The quantitative estimate of drug-likeness (QED) is 0.531. The van der Waals surface area contributed by atoms with Gasteiger partial charge in [-0.3, -0.25) is 9.59 Å². The molecule has 2 N–H and O–H groups in total. The van der Waals surface area contributed by atoms with Gasteiger partial charge in [-0.25, -0.2) is 9.18 Å². The summed E-state index contributed by atoms with van der Waals surface area (Å²) in [6, 6.07) is 10.6. The van der Waals surface area contributed by atoms with Crippen LogP contribution in [0.4, 0.5) is 10.1 Å². The first-order valence-corrected chi connectivity index (χ1v) is 8.32. The molecule has 0 atom stereocenters. The predicted octanol–water partition coefficient (Wildman–Crippen LogP) is 3.67. The smallest absolute Gasteiger partial charge is 0.338 e. The van der Waals surface area contributed by atoms with E-state index in [4.69, 9.17) is 4.74 Å². The number of rotatable bonds is 5. The lowest BCUT2D eigenvalue weighted by atomic mass is 10.0. The Balaban J connectivity index is 2.28. The van der Waals surface area contributed by atoms with Crippen molar-refractivity contribution in [2.45, 2.75) is 13.8 Å². The molecule has 1 amide bonds. The normalized spacial score (nSPS) is 10.6. The summed E-state index contributed by atoms with van der Waals surface area (Å²) in [5.74, 6) is -2.24. The third-order valence-electron chi connectivity index (χ3n) is 3.92. The summed E-state index contributed by atoms with van der Waals surface area (Å²) in [7, 11) is 0. The van der Waals surface area contributed by atoms with Crippen LogP contribution in [-0.4, -0.2) is 29.3 Å². The zero-order chi connectivity index (χ0) is 19.6. The number of carbonyl (C=O) groups is 3. The molecule has 138 valence electrons. The van der Waals surface area contributed by atoms with Gasteiger partial charge in [0.25, 0.3) is 0 Å². The van der Waals surface area contributed by atoms with Gasteiger partial charge < -0.3 is 15.0 Å². The molecule has 7 heteroatoms. The Morgan fingerprint density at radius 1 is 1.15 bits per heavy atom. The van der Waals surface area contributed by atoms with E-state index in [2.05, 4.69) is 10.3 Å². The molecule has 1 aromatic heterocycles. The maximum absolute atomic E-state index is 14.0. The van der Waals surface area contributed by atoms with Crippen molar-refractivity contribution in [1.82, 2.24) is 4.98 Å². The molecular formula is C20H17FN2O4. The molecule has 0 fully saturated rings. The number of carbonyl (C=O) groups excluding carboxylic acids is 3. The largest absolute Gasteiger partial charge is 0.462 e. The summed E-state index contributed by atoms with van der Waals surface area (Å²) < 4.78 is 19.0. The minimum Gasteiger partial charge on any atom is -0.462 e. The number of hydrogen-bond acceptors (Lipinski definition) is 4. The molecule has 0 aliphatic rings. The average molecular weight is 368 g/mol. The van der Waals surface area contributed by atoms with Gasteiger partial charge in [0.1, 0.15) is 11.5 Å².